The molecule has 0 bridgehead atoms. The molecule has 0 fully saturated rings. The quantitative estimate of drug-likeness (QED) is 0.527. The first-order chi connectivity index (χ1) is 5.15. The van der Waals surface area contributed by atoms with Crippen molar-refractivity contribution in [3.8, 4) is 0 Å². The lowest BCUT2D eigenvalue weighted by Crippen LogP contribution is -1.88. The maximum atomic E-state index is 8.86. The maximum absolute atomic E-state index is 8.86. The first kappa shape index (κ1) is 10.2. The van der Waals surface area contributed by atoms with Crippen LogP contribution in [0.5, 0.6) is 0 Å². The predicted molar refractivity (Wildman–Crippen MR) is 65.5 cm³/mol. The fraction of sp³-hybridized carbons (Fsp3) is 0.143. The van der Waals surface area contributed by atoms with Gasteiger partial charge in [0.15, 0.2) is 0 Å². The molecule has 0 atom stereocenters. The predicted octanol–water partition coefficient (Wildman–Crippen LogP) is 3.15. The first-order valence-electron chi connectivity index (χ1n) is 2.89. The molecule has 0 unspecified atom stereocenters. The van der Waals surface area contributed by atoms with Gasteiger partial charge in [-0.1, -0.05) is 0 Å². The van der Waals surface area contributed by atoms with E-state index in [1.807, 2.05) is 12.1 Å². The summed E-state index contributed by atoms with van der Waals surface area (Å²) in [6.07, 6.45) is 0. The summed E-state index contributed by atoms with van der Waals surface area (Å²) in [5.74, 6) is 0. The maximum Gasteiger partial charge on any atom is 0.0682 e. The van der Waals surface area contributed by atoms with E-state index in [0.717, 1.165) is 17.2 Å². The van der Waals surface area contributed by atoms with Gasteiger partial charge in [0, 0.05) is 11.6 Å². The van der Waals surface area contributed by atoms with Crippen LogP contribution in [0.1, 0.15) is 5.56 Å². The van der Waals surface area contributed by atoms with Gasteiger partial charge in [-0.15, -0.1) is 0 Å². The van der Waals surface area contributed by atoms with E-state index in [9.17, 15) is 0 Å². The van der Waals surface area contributed by atoms with Gasteiger partial charge in [0.25, 0.3) is 0 Å². The molecule has 0 saturated carbocycles. The Bertz CT molecular complexity index is 252. The minimum absolute atomic E-state index is 0.110. The van der Waals surface area contributed by atoms with Crippen LogP contribution in [-0.2, 0) is 6.61 Å². The molecule has 11 heavy (non-hydrogen) atoms. The minimum atomic E-state index is 0.110. The molecule has 1 rings (SSSR count). The Labute approximate surface area is 101 Å². The van der Waals surface area contributed by atoms with E-state index in [1.165, 1.54) is 0 Å². The van der Waals surface area contributed by atoms with Crippen molar-refractivity contribution in [2.24, 2.45) is 0 Å². The van der Waals surface area contributed by atoms with E-state index >= 15 is 0 Å². The third-order valence-electron chi connectivity index (χ3n) is 1.23. The van der Waals surface area contributed by atoms with Gasteiger partial charge in [0.1, 0.15) is 0 Å². The lowest BCUT2D eigenvalue weighted by molar-refractivity contribution is 0.281. The average Bonchev–Trinajstić information content (AvgIpc) is 1.99. The zero-order chi connectivity index (χ0) is 8.43. The van der Waals surface area contributed by atoms with Crippen LogP contribution in [0, 0.1) is 7.14 Å². The molecule has 1 nitrogen and oxygen atoms in total. The Kier molecular flexibility index (Phi) is 4.06. The van der Waals surface area contributed by atoms with Crippen LogP contribution < -0.4 is 0 Å². The summed E-state index contributed by atoms with van der Waals surface area (Å²) < 4.78 is 3.38. The van der Waals surface area contributed by atoms with E-state index in [4.69, 9.17) is 5.11 Å². The van der Waals surface area contributed by atoms with Crippen molar-refractivity contribution in [1.29, 1.82) is 0 Å². The van der Waals surface area contributed by atoms with Crippen molar-refractivity contribution >= 4 is 61.1 Å². The number of halogens is 3. The number of aliphatic hydroxyl groups excluding tert-OH is 1. The lowest BCUT2D eigenvalue weighted by atomic mass is 10.2. The highest BCUT2D eigenvalue weighted by molar-refractivity contribution is 14.1. The lowest BCUT2D eigenvalue weighted by Gasteiger charge is -2.02. The van der Waals surface area contributed by atoms with Gasteiger partial charge in [-0.05, 0) is 78.8 Å². The molecular formula is C7H5BrI2O. The standard InChI is InChI=1S/C7H5BrI2O/c8-7-5(9)1-4(3-11)2-6(7)10/h1-2,11H,3H2. The molecule has 0 aliphatic rings. The van der Waals surface area contributed by atoms with Crippen molar-refractivity contribution in [2.75, 3.05) is 0 Å². The van der Waals surface area contributed by atoms with E-state index in [1.54, 1.807) is 0 Å². The van der Waals surface area contributed by atoms with Crippen molar-refractivity contribution in [2.45, 2.75) is 6.61 Å². The van der Waals surface area contributed by atoms with Crippen LogP contribution in [0.3, 0.4) is 0 Å². The summed E-state index contributed by atoms with van der Waals surface area (Å²) in [6.45, 7) is 0.110. The number of hydrogen-bond acceptors (Lipinski definition) is 1. The molecule has 1 N–H and O–H groups in total. The van der Waals surface area contributed by atoms with Gasteiger partial charge in [-0.3, -0.25) is 0 Å². The fourth-order valence-electron chi connectivity index (χ4n) is 0.699. The molecule has 0 aliphatic carbocycles. The summed E-state index contributed by atoms with van der Waals surface area (Å²) in [5, 5.41) is 8.86. The molecule has 0 radical (unpaired) electrons. The van der Waals surface area contributed by atoms with E-state index in [-0.39, 0.29) is 6.61 Å². The highest BCUT2D eigenvalue weighted by Gasteiger charge is 2.02. The second kappa shape index (κ2) is 4.38. The molecule has 60 valence electrons. The Morgan fingerprint density at radius 1 is 1.27 bits per heavy atom. The first-order valence-corrected chi connectivity index (χ1v) is 5.84. The van der Waals surface area contributed by atoms with Gasteiger partial charge in [0.2, 0.25) is 0 Å². The van der Waals surface area contributed by atoms with E-state index < -0.39 is 0 Å². The van der Waals surface area contributed by atoms with Gasteiger partial charge in [-0.25, -0.2) is 0 Å². The second-order valence-corrected chi connectivity index (χ2v) is 5.15. The minimum Gasteiger partial charge on any atom is -0.392 e. The second-order valence-electron chi connectivity index (χ2n) is 2.03. The van der Waals surface area contributed by atoms with Gasteiger partial charge in [-0.2, -0.15) is 0 Å². The van der Waals surface area contributed by atoms with Gasteiger partial charge < -0.3 is 5.11 Å². The van der Waals surface area contributed by atoms with Crippen LogP contribution in [0.2, 0.25) is 0 Å². The number of benzene rings is 1. The van der Waals surface area contributed by atoms with Crippen LogP contribution in [-0.4, -0.2) is 5.11 Å². The fourth-order valence-corrected chi connectivity index (χ4v) is 2.83. The normalized spacial score (nSPS) is 10.2. The van der Waals surface area contributed by atoms with E-state index in [0.29, 0.717) is 0 Å². The number of hydrogen-bond donors (Lipinski definition) is 1. The average molecular weight is 439 g/mol. The van der Waals surface area contributed by atoms with Crippen LogP contribution in [0.4, 0.5) is 0 Å². The molecule has 4 heteroatoms. The van der Waals surface area contributed by atoms with E-state index in [2.05, 4.69) is 61.1 Å². The summed E-state index contributed by atoms with van der Waals surface area (Å²) in [6, 6.07) is 3.93. The van der Waals surface area contributed by atoms with Crippen molar-refractivity contribution < 1.29 is 5.11 Å². The molecule has 0 spiro atoms. The summed E-state index contributed by atoms with van der Waals surface area (Å²) in [5.41, 5.74) is 0.960. The SMILES string of the molecule is OCc1cc(I)c(Br)c(I)c1. The highest BCUT2D eigenvalue weighted by Crippen LogP contribution is 2.26. The smallest absolute Gasteiger partial charge is 0.0682 e. The topological polar surface area (TPSA) is 20.2 Å². The molecule has 0 amide bonds. The zero-order valence-corrected chi connectivity index (χ0v) is 11.3. The Morgan fingerprint density at radius 3 is 2.09 bits per heavy atom. The van der Waals surface area contributed by atoms with Crippen LogP contribution >= 0.6 is 61.1 Å². The Hall–Kier alpha value is 1.12. The monoisotopic (exact) mass is 438 g/mol. The van der Waals surface area contributed by atoms with Gasteiger partial charge >= 0.3 is 0 Å². The Morgan fingerprint density at radius 2 is 1.73 bits per heavy atom. The van der Waals surface area contributed by atoms with Gasteiger partial charge in [0.05, 0.1) is 6.61 Å². The molecule has 1 aromatic rings. The number of rotatable bonds is 1. The summed E-state index contributed by atoms with van der Waals surface area (Å²) in [7, 11) is 0. The highest BCUT2D eigenvalue weighted by atomic mass is 127. The molecular weight excluding hydrogens is 434 g/mol. The largest absolute Gasteiger partial charge is 0.392 e. The summed E-state index contributed by atoms with van der Waals surface area (Å²) in [4.78, 5) is 0. The molecule has 0 aliphatic heterocycles. The van der Waals surface area contributed by atoms with Crippen molar-refractivity contribution in [3.05, 3.63) is 29.3 Å². The zero-order valence-electron chi connectivity index (χ0n) is 5.44. The van der Waals surface area contributed by atoms with Crippen molar-refractivity contribution in [1.82, 2.24) is 0 Å². The number of aliphatic hydroxyl groups is 1. The molecule has 0 saturated heterocycles. The van der Waals surface area contributed by atoms with Crippen molar-refractivity contribution in [3.63, 3.8) is 0 Å². The molecule has 1 aromatic carbocycles. The van der Waals surface area contributed by atoms with Crippen LogP contribution in [0.25, 0.3) is 0 Å². The third kappa shape index (κ3) is 2.53. The van der Waals surface area contributed by atoms with Crippen LogP contribution in [0.15, 0.2) is 16.6 Å². The molecule has 0 aromatic heterocycles. The summed E-state index contributed by atoms with van der Waals surface area (Å²) >= 11 is 7.92. The third-order valence-corrected chi connectivity index (χ3v) is 5.26. The Balaban J connectivity index is 3.21. The molecule has 0 heterocycles.